The molecule has 0 atom stereocenters. The van der Waals surface area contributed by atoms with Crippen LogP contribution in [-0.2, 0) is 10.8 Å². The van der Waals surface area contributed by atoms with Crippen LogP contribution in [0.1, 0.15) is 51.3 Å². The number of rotatable bonds is 1. The summed E-state index contributed by atoms with van der Waals surface area (Å²) < 4.78 is 0. The standard InChI is InChI=1S/C45H34/c1-44(2,3)29-21-26-13-14-28-24-39-43(37-18-16-27(22-29)40(26)41(28)37)36-17-15-25(23-38(36)45(39,4)5)30-19-20-35-32-10-7-6-9-31(32)34-12-8-11-33(30)42(34)35/h6-24H,1-5H3. The van der Waals surface area contributed by atoms with Crippen LogP contribution < -0.4 is 0 Å². The smallest absolute Gasteiger partial charge is 0.0159 e. The Kier molecular flexibility index (Phi) is 4.63. The van der Waals surface area contributed by atoms with E-state index in [1.165, 1.54) is 104 Å². The second-order valence-electron chi connectivity index (χ2n) is 14.9. The Labute approximate surface area is 264 Å². The van der Waals surface area contributed by atoms with Gasteiger partial charge in [-0.05, 0) is 122 Å². The van der Waals surface area contributed by atoms with Crippen LogP contribution in [0.15, 0.2) is 115 Å². The van der Waals surface area contributed by atoms with E-state index in [0.717, 1.165) is 0 Å². The highest BCUT2D eigenvalue weighted by Crippen LogP contribution is 2.55. The first-order valence-electron chi connectivity index (χ1n) is 16.3. The zero-order valence-electron chi connectivity index (χ0n) is 26.5. The van der Waals surface area contributed by atoms with Crippen molar-refractivity contribution in [1.29, 1.82) is 0 Å². The third-order valence-electron chi connectivity index (χ3n) is 11.1. The summed E-state index contributed by atoms with van der Waals surface area (Å²) in [6, 6.07) is 44.4. The molecule has 0 bridgehead atoms. The maximum absolute atomic E-state index is 2.49. The van der Waals surface area contributed by atoms with Crippen LogP contribution in [0, 0.1) is 0 Å². The first-order chi connectivity index (χ1) is 21.7. The minimum atomic E-state index is -0.102. The van der Waals surface area contributed by atoms with Gasteiger partial charge >= 0.3 is 0 Å². The van der Waals surface area contributed by atoms with Gasteiger partial charge in [0.15, 0.2) is 0 Å². The first kappa shape index (κ1) is 25.4. The Morgan fingerprint density at radius 3 is 1.80 bits per heavy atom. The molecular weight excluding hydrogens is 540 g/mol. The van der Waals surface area contributed by atoms with Crippen LogP contribution in [-0.4, -0.2) is 0 Å². The van der Waals surface area contributed by atoms with Crippen LogP contribution in [0.4, 0.5) is 0 Å². The number of fused-ring (bicyclic) bond motifs is 7. The first-order valence-corrected chi connectivity index (χ1v) is 16.3. The van der Waals surface area contributed by atoms with Crippen molar-refractivity contribution in [3.8, 4) is 44.5 Å². The highest BCUT2D eigenvalue weighted by molar-refractivity contribution is 6.27. The van der Waals surface area contributed by atoms with Gasteiger partial charge in [0.05, 0.1) is 0 Å². The fourth-order valence-electron chi connectivity index (χ4n) is 8.76. The molecule has 214 valence electrons. The molecule has 0 saturated carbocycles. The highest BCUT2D eigenvalue weighted by Gasteiger charge is 2.37. The molecule has 0 amide bonds. The molecule has 10 rings (SSSR count). The normalized spacial score (nSPS) is 14.5. The molecule has 0 unspecified atom stereocenters. The van der Waals surface area contributed by atoms with E-state index in [9.17, 15) is 0 Å². The number of hydrogen-bond donors (Lipinski definition) is 0. The average Bonchev–Trinajstić information content (AvgIpc) is 3.48. The topological polar surface area (TPSA) is 0 Å². The van der Waals surface area contributed by atoms with Crippen molar-refractivity contribution in [2.24, 2.45) is 0 Å². The van der Waals surface area contributed by atoms with Crippen molar-refractivity contribution in [3.05, 3.63) is 132 Å². The maximum atomic E-state index is 2.49. The van der Waals surface area contributed by atoms with Crippen LogP contribution in [0.25, 0.3) is 87.6 Å². The quantitative estimate of drug-likeness (QED) is 0.171. The van der Waals surface area contributed by atoms with Crippen molar-refractivity contribution in [2.75, 3.05) is 0 Å². The van der Waals surface area contributed by atoms with Crippen molar-refractivity contribution < 1.29 is 0 Å². The van der Waals surface area contributed by atoms with Gasteiger partial charge in [0.2, 0.25) is 0 Å². The molecule has 8 aromatic carbocycles. The number of benzene rings is 8. The Hall–Kier alpha value is -4.94. The van der Waals surface area contributed by atoms with Gasteiger partial charge in [-0.25, -0.2) is 0 Å². The van der Waals surface area contributed by atoms with Crippen LogP contribution in [0.5, 0.6) is 0 Å². The van der Waals surface area contributed by atoms with Gasteiger partial charge in [0.1, 0.15) is 0 Å². The predicted octanol–water partition coefficient (Wildman–Crippen LogP) is 12.7. The van der Waals surface area contributed by atoms with Gasteiger partial charge in [-0.3, -0.25) is 0 Å². The Balaban J connectivity index is 1.20. The summed E-state index contributed by atoms with van der Waals surface area (Å²) in [5.41, 5.74) is 15.1. The van der Waals surface area contributed by atoms with Gasteiger partial charge in [-0.15, -0.1) is 0 Å². The van der Waals surface area contributed by atoms with Gasteiger partial charge in [-0.2, -0.15) is 0 Å². The van der Waals surface area contributed by atoms with Crippen LogP contribution in [0.2, 0.25) is 0 Å². The number of hydrogen-bond acceptors (Lipinski definition) is 0. The minimum Gasteiger partial charge on any atom is -0.0616 e. The second-order valence-corrected chi connectivity index (χ2v) is 14.9. The van der Waals surface area contributed by atoms with E-state index >= 15 is 0 Å². The third kappa shape index (κ3) is 3.17. The molecule has 0 radical (unpaired) electrons. The molecule has 45 heavy (non-hydrogen) atoms. The molecule has 0 fully saturated rings. The lowest BCUT2D eigenvalue weighted by atomic mass is 9.79. The molecule has 0 spiro atoms. The van der Waals surface area contributed by atoms with Crippen molar-refractivity contribution in [3.63, 3.8) is 0 Å². The molecule has 2 aliphatic carbocycles. The molecule has 0 saturated heterocycles. The van der Waals surface area contributed by atoms with Crippen LogP contribution in [0.3, 0.4) is 0 Å². The summed E-state index contributed by atoms with van der Waals surface area (Å²) in [5, 5.41) is 11.0. The molecular formula is C45H34. The SMILES string of the molecule is CC(C)(C)c1cc2ccc3cc4c(c5ccc(c1)c2c35)-c1ccc(-c2ccc3c5c(cccc25)-c2ccccc2-3)cc1C4(C)C. The van der Waals surface area contributed by atoms with Gasteiger partial charge in [-0.1, -0.05) is 138 Å². The summed E-state index contributed by atoms with van der Waals surface area (Å²) in [4.78, 5) is 0. The maximum Gasteiger partial charge on any atom is 0.0159 e. The summed E-state index contributed by atoms with van der Waals surface area (Å²) in [5.74, 6) is 0. The van der Waals surface area contributed by atoms with E-state index in [1.54, 1.807) is 0 Å². The summed E-state index contributed by atoms with van der Waals surface area (Å²) >= 11 is 0. The highest BCUT2D eigenvalue weighted by atomic mass is 14.4. The van der Waals surface area contributed by atoms with Gasteiger partial charge < -0.3 is 0 Å². The second kappa shape index (κ2) is 8.20. The monoisotopic (exact) mass is 574 g/mol. The van der Waals surface area contributed by atoms with Crippen molar-refractivity contribution in [1.82, 2.24) is 0 Å². The zero-order chi connectivity index (χ0) is 30.4. The molecule has 8 aromatic rings. The molecule has 0 N–H and O–H groups in total. The van der Waals surface area contributed by atoms with E-state index in [2.05, 4.69) is 150 Å². The molecule has 0 aliphatic heterocycles. The van der Waals surface area contributed by atoms with Crippen LogP contribution >= 0.6 is 0 Å². The van der Waals surface area contributed by atoms with Gasteiger partial charge in [0.25, 0.3) is 0 Å². The molecule has 0 aromatic heterocycles. The fourth-order valence-corrected chi connectivity index (χ4v) is 8.76. The lowest BCUT2D eigenvalue weighted by Gasteiger charge is -2.24. The average molecular weight is 575 g/mol. The lowest BCUT2D eigenvalue weighted by Crippen LogP contribution is -2.15. The van der Waals surface area contributed by atoms with Crippen molar-refractivity contribution >= 4 is 43.1 Å². The molecule has 0 heterocycles. The van der Waals surface area contributed by atoms with E-state index in [0.29, 0.717) is 0 Å². The van der Waals surface area contributed by atoms with E-state index in [4.69, 9.17) is 0 Å². The van der Waals surface area contributed by atoms with Gasteiger partial charge in [0, 0.05) is 5.41 Å². The fraction of sp³-hybridized carbons (Fsp3) is 0.156. The largest absolute Gasteiger partial charge is 0.0616 e. The van der Waals surface area contributed by atoms with Crippen molar-refractivity contribution in [2.45, 2.75) is 45.4 Å². The summed E-state index contributed by atoms with van der Waals surface area (Å²) in [6.07, 6.45) is 0. The Bertz CT molecular complexity index is 2540. The molecule has 0 heteroatoms. The molecule has 0 nitrogen and oxygen atoms in total. The summed E-state index contributed by atoms with van der Waals surface area (Å²) in [6.45, 7) is 11.8. The lowest BCUT2D eigenvalue weighted by molar-refractivity contribution is 0.591. The Morgan fingerprint density at radius 1 is 0.444 bits per heavy atom. The van der Waals surface area contributed by atoms with E-state index in [-0.39, 0.29) is 10.8 Å². The van der Waals surface area contributed by atoms with E-state index in [1.807, 2.05) is 0 Å². The zero-order valence-corrected chi connectivity index (χ0v) is 26.5. The summed E-state index contributed by atoms with van der Waals surface area (Å²) in [7, 11) is 0. The minimum absolute atomic E-state index is 0.102. The third-order valence-corrected chi connectivity index (χ3v) is 11.1. The molecule has 2 aliphatic rings. The predicted molar refractivity (Wildman–Crippen MR) is 194 cm³/mol. The Morgan fingerprint density at radius 2 is 1.07 bits per heavy atom. The van der Waals surface area contributed by atoms with E-state index < -0.39 is 0 Å².